The third kappa shape index (κ3) is 3.79. The lowest BCUT2D eigenvalue weighted by molar-refractivity contribution is -0.139. The SMILES string of the molecule is C=C(C)C(=O)OCCOc1cccc2c(OCC)cccc12. The van der Waals surface area contributed by atoms with Gasteiger partial charge >= 0.3 is 5.97 Å². The van der Waals surface area contributed by atoms with Crippen LogP contribution in [0.15, 0.2) is 48.6 Å². The molecule has 4 heteroatoms. The molecule has 0 aliphatic carbocycles. The highest BCUT2D eigenvalue weighted by atomic mass is 16.6. The Morgan fingerprint density at radius 3 is 2.14 bits per heavy atom. The van der Waals surface area contributed by atoms with Crippen LogP contribution in [-0.2, 0) is 9.53 Å². The molecule has 0 radical (unpaired) electrons. The molecule has 0 saturated carbocycles. The van der Waals surface area contributed by atoms with Crippen molar-refractivity contribution in [2.45, 2.75) is 13.8 Å². The summed E-state index contributed by atoms with van der Waals surface area (Å²) in [6.07, 6.45) is 0. The summed E-state index contributed by atoms with van der Waals surface area (Å²) < 4.78 is 16.4. The van der Waals surface area contributed by atoms with Crippen LogP contribution in [0.4, 0.5) is 0 Å². The summed E-state index contributed by atoms with van der Waals surface area (Å²) in [5.74, 6) is 1.17. The molecule has 0 heterocycles. The van der Waals surface area contributed by atoms with Gasteiger partial charge in [-0.3, -0.25) is 0 Å². The van der Waals surface area contributed by atoms with Crippen molar-refractivity contribution in [1.29, 1.82) is 0 Å². The van der Waals surface area contributed by atoms with Crippen molar-refractivity contribution in [3.8, 4) is 11.5 Å². The predicted octanol–water partition coefficient (Wildman–Crippen LogP) is 3.74. The molecule has 22 heavy (non-hydrogen) atoms. The van der Waals surface area contributed by atoms with E-state index in [1.165, 1.54) is 0 Å². The number of fused-ring (bicyclic) bond motifs is 1. The largest absolute Gasteiger partial charge is 0.493 e. The van der Waals surface area contributed by atoms with Crippen molar-refractivity contribution in [3.05, 3.63) is 48.6 Å². The summed E-state index contributed by atoms with van der Waals surface area (Å²) in [7, 11) is 0. The van der Waals surface area contributed by atoms with Crippen molar-refractivity contribution >= 4 is 16.7 Å². The zero-order chi connectivity index (χ0) is 15.9. The van der Waals surface area contributed by atoms with E-state index < -0.39 is 5.97 Å². The van der Waals surface area contributed by atoms with Gasteiger partial charge < -0.3 is 14.2 Å². The Kier molecular flexibility index (Phi) is 5.42. The van der Waals surface area contributed by atoms with E-state index in [1.54, 1.807) is 6.92 Å². The van der Waals surface area contributed by atoms with Crippen molar-refractivity contribution in [1.82, 2.24) is 0 Å². The van der Waals surface area contributed by atoms with Gasteiger partial charge in [-0.25, -0.2) is 4.79 Å². The average Bonchev–Trinajstić information content (AvgIpc) is 2.52. The third-order valence-corrected chi connectivity index (χ3v) is 3.06. The highest BCUT2D eigenvalue weighted by Crippen LogP contribution is 2.32. The minimum absolute atomic E-state index is 0.188. The van der Waals surface area contributed by atoms with Crippen LogP contribution >= 0.6 is 0 Å². The van der Waals surface area contributed by atoms with Gasteiger partial charge in [0.15, 0.2) is 0 Å². The highest BCUT2D eigenvalue weighted by Gasteiger charge is 2.07. The summed E-state index contributed by atoms with van der Waals surface area (Å²) in [6, 6.07) is 11.6. The maximum absolute atomic E-state index is 11.3. The number of carbonyl (C=O) groups excluding carboxylic acids is 1. The van der Waals surface area contributed by atoms with Crippen LogP contribution in [0.3, 0.4) is 0 Å². The molecule has 0 spiro atoms. The normalized spacial score (nSPS) is 10.3. The summed E-state index contributed by atoms with van der Waals surface area (Å²) >= 11 is 0. The Balaban J connectivity index is 2.07. The van der Waals surface area contributed by atoms with Crippen LogP contribution in [0, 0.1) is 0 Å². The number of benzene rings is 2. The Labute approximate surface area is 130 Å². The topological polar surface area (TPSA) is 44.8 Å². The Bertz CT molecular complexity index is 676. The van der Waals surface area contributed by atoms with Gasteiger partial charge in [-0.1, -0.05) is 30.8 Å². The quantitative estimate of drug-likeness (QED) is 0.444. The number of hydrogen-bond donors (Lipinski definition) is 0. The first-order valence-corrected chi connectivity index (χ1v) is 7.23. The second kappa shape index (κ2) is 7.50. The first-order chi connectivity index (χ1) is 10.6. The fourth-order valence-electron chi connectivity index (χ4n) is 2.07. The van der Waals surface area contributed by atoms with Crippen molar-refractivity contribution in [2.24, 2.45) is 0 Å². The fraction of sp³-hybridized carbons (Fsp3) is 0.278. The van der Waals surface area contributed by atoms with Crippen LogP contribution in [-0.4, -0.2) is 25.8 Å². The van der Waals surface area contributed by atoms with Crippen molar-refractivity contribution < 1.29 is 19.0 Å². The van der Waals surface area contributed by atoms with Gasteiger partial charge in [-0.2, -0.15) is 0 Å². The molecule has 0 bridgehead atoms. The zero-order valence-corrected chi connectivity index (χ0v) is 12.9. The molecule has 0 aliphatic rings. The number of esters is 1. The summed E-state index contributed by atoms with van der Waals surface area (Å²) in [5, 5.41) is 1.97. The molecule has 4 nitrogen and oxygen atoms in total. The summed E-state index contributed by atoms with van der Waals surface area (Å²) in [4.78, 5) is 11.3. The predicted molar refractivity (Wildman–Crippen MR) is 86.4 cm³/mol. The molecule has 0 amide bonds. The molecule has 116 valence electrons. The van der Waals surface area contributed by atoms with Gasteiger partial charge in [-0.05, 0) is 26.0 Å². The number of hydrogen-bond acceptors (Lipinski definition) is 4. The van der Waals surface area contributed by atoms with Crippen molar-refractivity contribution in [3.63, 3.8) is 0 Å². The molecule has 0 aliphatic heterocycles. The fourth-order valence-corrected chi connectivity index (χ4v) is 2.07. The number of rotatable bonds is 7. The average molecular weight is 300 g/mol. The summed E-state index contributed by atoms with van der Waals surface area (Å²) in [6.45, 7) is 8.19. The molecule has 0 fully saturated rings. The van der Waals surface area contributed by atoms with E-state index in [2.05, 4.69) is 6.58 Å². The van der Waals surface area contributed by atoms with Gasteiger partial charge in [-0.15, -0.1) is 0 Å². The lowest BCUT2D eigenvalue weighted by Crippen LogP contribution is -2.12. The number of ether oxygens (including phenoxy) is 3. The monoisotopic (exact) mass is 300 g/mol. The lowest BCUT2D eigenvalue weighted by atomic mass is 10.1. The summed E-state index contributed by atoms with van der Waals surface area (Å²) in [5.41, 5.74) is 0.381. The van der Waals surface area contributed by atoms with E-state index in [4.69, 9.17) is 14.2 Å². The van der Waals surface area contributed by atoms with Crippen LogP contribution in [0.1, 0.15) is 13.8 Å². The van der Waals surface area contributed by atoms with Crippen LogP contribution in [0.2, 0.25) is 0 Å². The van der Waals surface area contributed by atoms with Crippen LogP contribution in [0.25, 0.3) is 10.8 Å². The van der Waals surface area contributed by atoms with Gasteiger partial charge in [0.1, 0.15) is 24.7 Å². The Morgan fingerprint density at radius 1 is 1.00 bits per heavy atom. The maximum atomic E-state index is 11.3. The minimum atomic E-state index is -0.403. The molecule has 0 unspecified atom stereocenters. The highest BCUT2D eigenvalue weighted by molar-refractivity contribution is 5.93. The molecule has 0 aromatic heterocycles. The lowest BCUT2D eigenvalue weighted by Gasteiger charge is -2.12. The van der Waals surface area contributed by atoms with Crippen LogP contribution in [0.5, 0.6) is 11.5 Å². The van der Waals surface area contributed by atoms with Gasteiger partial charge in [0.05, 0.1) is 6.61 Å². The zero-order valence-electron chi connectivity index (χ0n) is 12.9. The molecular formula is C18H20O4. The Hall–Kier alpha value is -2.49. The van der Waals surface area contributed by atoms with E-state index in [1.807, 2.05) is 43.3 Å². The van der Waals surface area contributed by atoms with Gasteiger partial charge in [0.25, 0.3) is 0 Å². The first-order valence-electron chi connectivity index (χ1n) is 7.23. The molecule has 0 saturated heterocycles. The van der Waals surface area contributed by atoms with E-state index in [0.717, 1.165) is 22.3 Å². The van der Waals surface area contributed by atoms with Gasteiger partial charge in [0, 0.05) is 16.3 Å². The Morgan fingerprint density at radius 2 is 1.59 bits per heavy atom. The first kappa shape index (κ1) is 15.9. The molecular weight excluding hydrogens is 280 g/mol. The second-order valence-electron chi connectivity index (χ2n) is 4.81. The van der Waals surface area contributed by atoms with E-state index >= 15 is 0 Å². The number of carbonyl (C=O) groups is 1. The third-order valence-electron chi connectivity index (χ3n) is 3.06. The molecule has 0 N–H and O–H groups in total. The smallest absolute Gasteiger partial charge is 0.333 e. The van der Waals surface area contributed by atoms with Gasteiger partial charge in [0.2, 0.25) is 0 Å². The second-order valence-corrected chi connectivity index (χ2v) is 4.81. The minimum Gasteiger partial charge on any atom is -0.493 e. The maximum Gasteiger partial charge on any atom is 0.333 e. The van der Waals surface area contributed by atoms with Crippen LogP contribution < -0.4 is 9.47 Å². The van der Waals surface area contributed by atoms with E-state index in [0.29, 0.717) is 12.2 Å². The molecule has 2 aromatic rings. The molecule has 2 aromatic carbocycles. The standard InChI is InChI=1S/C18H20O4/c1-4-20-16-9-5-8-15-14(16)7-6-10-17(15)21-11-12-22-18(19)13(2)3/h5-10H,2,4,11-12H2,1,3H3. The molecule has 0 atom stereocenters. The molecule has 2 rings (SSSR count). The van der Waals surface area contributed by atoms with E-state index in [9.17, 15) is 4.79 Å². The van der Waals surface area contributed by atoms with E-state index in [-0.39, 0.29) is 13.2 Å². The van der Waals surface area contributed by atoms with Crippen molar-refractivity contribution in [2.75, 3.05) is 19.8 Å².